The Morgan fingerprint density at radius 3 is 2.77 bits per heavy atom. The second kappa shape index (κ2) is 6.36. The van der Waals surface area contributed by atoms with E-state index in [1.807, 2.05) is 12.1 Å². The average molecular weight is 314 g/mol. The summed E-state index contributed by atoms with van der Waals surface area (Å²) in [6, 6.07) is 10.8. The number of nitrogens with one attached hydrogen (secondary N) is 1. The third kappa shape index (κ3) is 3.29. The van der Waals surface area contributed by atoms with E-state index in [-0.39, 0.29) is 11.6 Å². The summed E-state index contributed by atoms with van der Waals surface area (Å²) in [5.41, 5.74) is 1.95. The standard InChI is InChI=1S/C15H12ClN5O/c16-12-3-5-13(6-4-12)21-10-14(19-20-21)15(22)18-9-11-2-1-7-17-8-11/h1-8,10H,9H2,(H,18,22). The number of hydrogen-bond acceptors (Lipinski definition) is 4. The first-order valence-corrected chi connectivity index (χ1v) is 6.95. The summed E-state index contributed by atoms with van der Waals surface area (Å²) in [6.45, 7) is 0.389. The van der Waals surface area contributed by atoms with Gasteiger partial charge in [0.15, 0.2) is 5.69 Å². The number of pyridine rings is 1. The molecule has 0 radical (unpaired) electrons. The molecule has 1 amide bonds. The minimum absolute atomic E-state index is 0.249. The van der Waals surface area contributed by atoms with E-state index in [1.54, 1.807) is 42.9 Å². The molecule has 0 saturated heterocycles. The lowest BCUT2D eigenvalue weighted by molar-refractivity contribution is 0.0946. The van der Waals surface area contributed by atoms with Gasteiger partial charge in [0, 0.05) is 24.0 Å². The molecule has 1 N–H and O–H groups in total. The van der Waals surface area contributed by atoms with Crippen LogP contribution in [0, 0.1) is 0 Å². The van der Waals surface area contributed by atoms with Gasteiger partial charge in [-0.25, -0.2) is 4.68 Å². The molecule has 2 heterocycles. The molecule has 0 spiro atoms. The Hall–Kier alpha value is -2.73. The van der Waals surface area contributed by atoms with Crippen molar-refractivity contribution in [2.24, 2.45) is 0 Å². The summed E-state index contributed by atoms with van der Waals surface area (Å²) in [5.74, 6) is -0.288. The summed E-state index contributed by atoms with van der Waals surface area (Å²) >= 11 is 5.84. The van der Waals surface area contributed by atoms with E-state index in [2.05, 4.69) is 20.6 Å². The van der Waals surface area contributed by atoms with Crippen LogP contribution in [0.1, 0.15) is 16.1 Å². The number of amides is 1. The maximum atomic E-state index is 12.0. The number of benzene rings is 1. The molecular weight excluding hydrogens is 302 g/mol. The number of carbonyl (C=O) groups excluding carboxylic acids is 1. The van der Waals surface area contributed by atoms with Crippen LogP contribution in [-0.2, 0) is 6.54 Å². The van der Waals surface area contributed by atoms with E-state index >= 15 is 0 Å². The Morgan fingerprint density at radius 2 is 2.05 bits per heavy atom. The van der Waals surface area contributed by atoms with Gasteiger partial charge in [-0.1, -0.05) is 22.9 Å². The van der Waals surface area contributed by atoms with Crippen LogP contribution in [0.15, 0.2) is 55.0 Å². The molecule has 0 fully saturated rings. The predicted molar refractivity (Wildman–Crippen MR) is 81.8 cm³/mol. The van der Waals surface area contributed by atoms with Crippen LogP contribution in [0.4, 0.5) is 0 Å². The SMILES string of the molecule is O=C(NCc1cccnc1)c1cn(-c2ccc(Cl)cc2)nn1. The molecule has 1 aromatic carbocycles. The number of nitrogens with zero attached hydrogens (tertiary/aromatic N) is 4. The summed E-state index contributed by atoms with van der Waals surface area (Å²) in [6.07, 6.45) is 4.95. The molecule has 22 heavy (non-hydrogen) atoms. The molecule has 0 bridgehead atoms. The zero-order valence-electron chi connectivity index (χ0n) is 11.5. The number of rotatable bonds is 4. The van der Waals surface area contributed by atoms with Crippen molar-refractivity contribution in [1.82, 2.24) is 25.3 Å². The largest absolute Gasteiger partial charge is 0.346 e. The van der Waals surface area contributed by atoms with Gasteiger partial charge in [0.2, 0.25) is 0 Å². The zero-order chi connectivity index (χ0) is 15.4. The van der Waals surface area contributed by atoms with Gasteiger partial charge in [0.05, 0.1) is 11.9 Å². The maximum absolute atomic E-state index is 12.0. The van der Waals surface area contributed by atoms with Gasteiger partial charge in [-0.15, -0.1) is 5.10 Å². The smallest absolute Gasteiger partial charge is 0.273 e. The molecule has 2 aromatic heterocycles. The molecule has 0 saturated carbocycles. The van der Waals surface area contributed by atoms with E-state index in [1.165, 1.54) is 4.68 Å². The topological polar surface area (TPSA) is 72.7 Å². The lowest BCUT2D eigenvalue weighted by Gasteiger charge is -2.02. The van der Waals surface area contributed by atoms with Gasteiger partial charge in [0.1, 0.15) is 0 Å². The van der Waals surface area contributed by atoms with Crippen LogP contribution < -0.4 is 5.32 Å². The van der Waals surface area contributed by atoms with Gasteiger partial charge < -0.3 is 5.32 Å². The highest BCUT2D eigenvalue weighted by atomic mass is 35.5. The molecule has 0 aliphatic rings. The lowest BCUT2D eigenvalue weighted by atomic mass is 10.3. The van der Waals surface area contributed by atoms with Crippen molar-refractivity contribution < 1.29 is 4.79 Å². The first kappa shape index (κ1) is 14.2. The predicted octanol–water partition coefficient (Wildman–Crippen LogP) is 2.25. The summed E-state index contributed by atoms with van der Waals surface area (Å²) in [5, 5.41) is 11.2. The number of hydrogen-bond donors (Lipinski definition) is 1. The molecular formula is C15H12ClN5O. The fraction of sp³-hybridized carbons (Fsp3) is 0.0667. The lowest BCUT2D eigenvalue weighted by Crippen LogP contribution is -2.23. The monoisotopic (exact) mass is 313 g/mol. The fourth-order valence-electron chi connectivity index (χ4n) is 1.86. The molecule has 6 nitrogen and oxygen atoms in total. The van der Waals surface area contributed by atoms with Crippen molar-refractivity contribution in [3.8, 4) is 5.69 Å². The highest BCUT2D eigenvalue weighted by molar-refractivity contribution is 6.30. The van der Waals surface area contributed by atoms with E-state index in [9.17, 15) is 4.79 Å². The van der Waals surface area contributed by atoms with Crippen molar-refractivity contribution in [3.05, 3.63) is 71.3 Å². The third-order valence-electron chi connectivity index (χ3n) is 2.99. The van der Waals surface area contributed by atoms with E-state index in [0.717, 1.165) is 11.3 Å². The van der Waals surface area contributed by atoms with Crippen molar-refractivity contribution in [2.45, 2.75) is 6.54 Å². The minimum atomic E-state index is -0.288. The third-order valence-corrected chi connectivity index (χ3v) is 3.25. The van der Waals surface area contributed by atoms with Crippen LogP contribution in [0.3, 0.4) is 0 Å². The molecule has 0 unspecified atom stereocenters. The van der Waals surface area contributed by atoms with Gasteiger partial charge in [-0.05, 0) is 35.9 Å². The van der Waals surface area contributed by atoms with Crippen LogP contribution in [0.5, 0.6) is 0 Å². The second-order valence-corrected chi connectivity index (χ2v) is 5.01. The van der Waals surface area contributed by atoms with Crippen molar-refractivity contribution in [3.63, 3.8) is 0 Å². The van der Waals surface area contributed by atoms with Crippen molar-refractivity contribution >= 4 is 17.5 Å². The van der Waals surface area contributed by atoms with Gasteiger partial charge in [-0.2, -0.15) is 0 Å². The van der Waals surface area contributed by atoms with Crippen molar-refractivity contribution in [2.75, 3.05) is 0 Å². The highest BCUT2D eigenvalue weighted by Gasteiger charge is 2.11. The summed E-state index contributed by atoms with van der Waals surface area (Å²) in [7, 11) is 0. The number of aromatic nitrogens is 4. The molecule has 3 aromatic rings. The Bertz CT molecular complexity index is 770. The summed E-state index contributed by atoms with van der Waals surface area (Å²) < 4.78 is 1.52. The fourth-order valence-corrected chi connectivity index (χ4v) is 1.99. The van der Waals surface area contributed by atoms with E-state index in [4.69, 9.17) is 11.6 Å². The normalized spacial score (nSPS) is 10.4. The molecule has 7 heteroatoms. The van der Waals surface area contributed by atoms with Gasteiger partial charge in [-0.3, -0.25) is 9.78 Å². The van der Waals surface area contributed by atoms with E-state index in [0.29, 0.717) is 11.6 Å². The van der Waals surface area contributed by atoms with Crippen LogP contribution >= 0.6 is 11.6 Å². The number of halogens is 1. The number of carbonyl (C=O) groups is 1. The quantitative estimate of drug-likeness (QED) is 0.802. The Morgan fingerprint density at radius 1 is 1.23 bits per heavy atom. The van der Waals surface area contributed by atoms with E-state index < -0.39 is 0 Å². The maximum Gasteiger partial charge on any atom is 0.273 e. The van der Waals surface area contributed by atoms with Crippen LogP contribution in [0.25, 0.3) is 5.69 Å². The highest BCUT2D eigenvalue weighted by Crippen LogP contribution is 2.12. The first-order valence-electron chi connectivity index (χ1n) is 6.58. The summed E-state index contributed by atoms with van der Waals surface area (Å²) in [4.78, 5) is 16.0. The van der Waals surface area contributed by atoms with Gasteiger partial charge in [0.25, 0.3) is 5.91 Å². The van der Waals surface area contributed by atoms with Crippen LogP contribution in [-0.4, -0.2) is 25.9 Å². The Balaban J connectivity index is 1.68. The molecule has 3 rings (SSSR count). The zero-order valence-corrected chi connectivity index (χ0v) is 12.2. The average Bonchev–Trinajstić information content (AvgIpc) is 3.04. The molecule has 0 aliphatic carbocycles. The van der Waals surface area contributed by atoms with Gasteiger partial charge >= 0.3 is 0 Å². The molecule has 110 valence electrons. The Labute approximate surface area is 131 Å². The van der Waals surface area contributed by atoms with Crippen molar-refractivity contribution in [1.29, 1.82) is 0 Å². The molecule has 0 aliphatic heterocycles. The van der Waals surface area contributed by atoms with Crippen LogP contribution in [0.2, 0.25) is 5.02 Å². The molecule has 0 atom stereocenters. The minimum Gasteiger partial charge on any atom is -0.346 e. The first-order chi connectivity index (χ1) is 10.7. The Kier molecular flexibility index (Phi) is 4.11. The second-order valence-electron chi connectivity index (χ2n) is 4.57.